The summed E-state index contributed by atoms with van der Waals surface area (Å²) in [6, 6.07) is 8.56. The van der Waals surface area contributed by atoms with Crippen molar-refractivity contribution in [3.63, 3.8) is 0 Å². The number of carbonyl (C=O) groups excluding carboxylic acids is 2. The van der Waals surface area contributed by atoms with Gasteiger partial charge in [0.05, 0.1) is 12.6 Å². The van der Waals surface area contributed by atoms with E-state index in [9.17, 15) is 14.0 Å². The van der Waals surface area contributed by atoms with Gasteiger partial charge in [0.2, 0.25) is 0 Å². The van der Waals surface area contributed by atoms with E-state index in [0.29, 0.717) is 13.0 Å². The van der Waals surface area contributed by atoms with Gasteiger partial charge in [-0.3, -0.25) is 0 Å². The third-order valence-electron chi connectivity index (χ3n) is 3.71. The zero-order chi connectivity index (χ0) is 18.4. The number of benzene rings is 1. The third kappa shape index (κ3) is 6.25. The number of ether oxygens (including phenoxy) is 2. The number of hydrogen-bond donors (Lipinski definition) is 1. The first-order chi connectivity index (χ1) is 11.7. The number of hydrogen-bond acceptors (Lipinski definition) is 4. The van der Waals surface area contributed by atoms with E-state index in [2.05, 4.69) is 5.32 Å². The Balaban J connectivity index is 1.77. The predicted octanol–water partition coefficient (Wildman–Crippen LogP) is 3.26. The fourth-order valence-electron chi connectivity index (χ4n) is 2.48. The maximum Gasteiger partial charge on any atom is 0.410 e. The molecular weight excluding hydrogens is 327 g/mol. The SMILES string of the molecule is CC(C)(C)OC(=O)N1CC[C@H](NC(=O)OCc2ccccc2)[C@@H](F)C1. The van der Waals surface area contributed by atoms with Gasteiger partial charge in [-0.15, -0.1) is 0 Å². The van der Waals surface area contributed by atoms with Crippen LogP contribution < -0.4 is 5.32 Å². The number of nitrogens with one attached hydrogen (secondary N) is 1. The first kappa shape index (κ1) is 19.0. The second kappa shape index (κ2) is 8.18. The van der Waals surface area contributed by atoms with Crippen LogP contribution >= 0.6 is 0 Å². The zero-order valence-corrected chi connectivity index (χ0v) is 14.8. The van der Waals surface area contributed by atoms with Crippen molar-refractivity contribution in [2.24, 2.45) is 0 Å². The third-order valence-corrected chi connectivity index (χ3v) is 3.71. The van der Waals surface area contributed by atoms with E-state index in [1.165, 1.54) is 4.90 Å². The quantitative estimate of drug-likeness (QED) is 0.907. The summed E-state index contributed by atoms with van der Waals surface area (Å²) < 4.78 is 24.6. The van der Waals surface area contributed by atoms with Crippen LogP contribution in [-0.2, 0) is 16.1 Å². The average molecular weight is 352 g/mol. The molecule has 138 valence electrons. The van der Waals surface area contributed by atoms with Crippen LogP contribution in [0, 0.1) is 0 Å². The van der Waals surface area contributed by atoms with Gasteiger partial charge < -0.3 is 19.7 Å². The highest BCUT2D eigenvalue weighted by atomic mass is 19.1. The molecule has 2 amide bonds. The molecule has 1 aromatic rings. The van der Waals surface area contributed by atoms with Crippen molar-refractivity contribution in [1.29, 1.82) is 0 Å². The number of halogens is 1. The second-order valence-electron chi connectivity index (χ2n) is 7.04. The molecule has 2 atom stereocenters. The van der Waals surface area contributed by atoms with Crippen LogP contribution in [-0.4, -0.2) is 48.0 Å². The van der Waals surface area contributed by atoms with Crippen molar-refractivity contribution < 1.29 is 23.5 Å². The molecule has 1 fully saturated rings. The Morgan fingerprint density at radius 2 is 1.96 bits per heavy atom. The van der Waals surface area contributed by atoms with Gasteiger partial charge in [0.1, 0.15) is 18.4 Å². The lowest BCUT2D eigenvalue weighted by molar-refractivity contribution is 0.00937. The minimum absolute atomic E-state index is 0.113. The van der Waals surface area contributed by atoms with Crippen LogP contribution in [0.1, 0.15) is 32.8 Å². The smallest absolute Gasteiger partial charge is 0.410 e. The lowest BCUT2D eigenvalue weighted by Gasteiger charge is -2.35. The van der Waals surface area contributed by atoms with Crippen molar-refractivity contribution in [2.75, 3.05) is 13.1 Å². The number of alkyl halides is 1. The maximum absolute atomic E-state index is 14.3. The summed E-state index contributed by atoms with van der Waals surface area (Å²) >= 11 is 0. The Morgan fingerprint density at radius 1 is 1.28 bits per heavy atom. The van der Waals surface area contributed by atoms with Crippen molar-refractivity contribution in [3.05, 3.63) is 35.9 Å². The van der Waals surface area contributed by atoms with Gasteiger partial charge in [-0.1, -0.05) is 30.3 Å². The van der Waals surface area contributed by atoms with Crippen LogP contribution in [0.25, 0.3) is 0 Å². The van der Waals surface area contributed by atoms with E-state index in [-0.39, 0.29) is 13.2 Å². The van der Waals surface area contributed by atoms with Gasteiger partial charge in [-0.05, 0) is 32.8 Å². The Labute approximate surface area is 147 Å². The molecule has 7 heteroatoms. The van der Waals surface area contributed by atoms with E-state index >= 15 is 0 Å². The lowest BCUT2D eigenvalue weighted by Crippen LogP contribution is -2.54. The summed E-state index contributed by atoms with van der Waals surface area (Å²) in [4.78, 5) is 25.1. The molecule has 0 aromatic heterocycles. The molecule has 0 radical (unpaired) electrons. The normalized spacial score (nSPS) is 20.7. The Kier molecular flexibility index (Phi) is 6.22. The number of rotatable bonds is 3. The average Bonchev–Trinajstić information content (AvgIpc) is 2.54. The molecule has 1 aliphatic heterocycles. The number of alkyl carbamates (subject to hydrolysis) is 1. The zero-order valence-electron chi connectivity index (χ0n) is 14.8. The molecule has 1 saturated heterocycles. The van der Waals surface area contributed by atoms with Crippen LogP contribution in [0.2, 0.25) is 0 Å². The Morgan fingerprint density at radius 3 is 2.56 bits per heavy atom. The molecule has 0 saturated carbocycles. The molecule has 25 heavy (non-hydrogen) atoms. The molecule has 0 bridgehead atoms. The number of likely N-dealkylation sites (tertiary alicyclic amines) is 1. The summed E-state index contributed by atoms with van der Waals surface area (Å²) in [6.07, 6.45) is -2.27. The van der Waals surface area contributed by atoms with Crippen LogP contribution in [0.15, 0.2) is 30.3 Å². The van der Waals surface area contributed by atoms with Gasteiger partial charge in [-0.2, -0.15) is 0 Å². The molecule has 1 aromatic carbocycles. The van der Waals surface area contributed by atoms with E-state index < -0.39 is 30.0 Å². The topological polar surface area (TPSA) is 67.9 Å². The van der Waals surface area contributed by atoms with Crippen LogP contribution in [0.3, 0.4) is 0 Å². The minimum atomic E-state index is -1.37. The standard InChI is InChI=1S/C18H25FN2O4/c1-18(2,3)25-17(23)21-10-9-15(14(19)11-21)20-16(22)24-12-13-7-5-4-6-8-13/h4-8,14-15H,9-12H2,1-3H3,(H,20,22)/t14-,15-/m0/s1. The van der Waals surface area contributed by atoms with E-state index in [1.807, 2.05) is 30.3 Å². The number of nitrogens with zero attached hydrogens (tertiary/aromatic N) is 1. The van der Waals surface area contributed by atoms with E-state index in [4.69, 9.17) is 9.47 Å². The van der Waals surface area contributed by atoms with Crippen LogP contribution in [0.5, 0.6) is 0 Å². The van der Waals surface area contributed by atoms with Gasteiger partial charge in [0, 0.05) is 6.54 Å². The van der Waals surface area contributed by atoms with Gasteiger partial charge >= 0.3 is 12.2 Å². The molecule has 0 unspecified atom stereocenters. The Hall–Kier alpha value is -2.31. The highest BCUT2D eigenvalue weighted by Gasteiger charge is 2.34. The summed E-state index contributed by atoms with van der Waals surface area (Å²) in [5.74, 6) is 0. The van der Waals surface area contributed by atoms with Crippen molar-refractivity contribution >= 4 is 12.2 Å². The number of carbonyl (C=O) groups is 2. The highest BCUT2D eigenvalue weighted by Crippen LogP contribution is 2.18. The molecule has 0 aliphatic carbocycles. The monoisotopic (exact) mass is 352 g/mol. The fraction of sp³-hybridized carbons (Fsp3) is 0.556. The number of piperidine rings is 1. The molecule has 2 rings (SSSR count). The van der Waals surface area contributed by atoms with Crippen molar-refractivity contribution in [2.45, 2.75) is 51.6 Å². The van der Waals surface area contributed by atoms with Crippen LogP contribution in [0.4, 0.5) is 14.0 Å². The largest absolute Gasteiger partial charge is 0.445 e. The van der Waals surface area contributed by atoms with Crippen molar-refractivity contribution in [3.8, 4) is 0 Å². The molecule has 1 N–H and O–H groups in total. The fourth-order valence-corrected chi connectivity index (χ4v) is 2.48. The highest BCUT2D eigenvalue weighted by molar-refractivity contribution is 5.69. The minimum Gasteiger partial charge on any atom is -0.445 e. The van der Waals surface area contributed by atoms with E-state index in [1.54, 1.807) is 20.8 Å². The summed E-state index contributed by atoms with van der Waals surface area (Å²) in [5, 5.41) is 2.53. The Bertz CT molecular complexity index is 588. The summed E-state index contributed by atoms with van der Waals surface area (Å²) in [7, 11) is 0. The predicted molar refractivity (Wildman–Crippen MR) is 90.9 cm³/mol. The lowest BCUT2D eigenvalue weighted by atomic mass is 10.0. The number of amides is 2. The summed E-state index contributed by atoms with van der Waals surface area (Å²) in [6.45, 7) is 5.61. The first-order valence-electron chi connectivity index (χ1n) is 8.34. The molecule has 1 aliphatic rings. The van der Waals surface area contributed by atoms with Gasteiger partial charge in [0.25, 0.3) is 0 Å². The van der Waals surface area contributed by atoms with Gasteiger partial charge in [0.15, 0.2) is 0 Å². The van der Waals surface area contributed by atoms with E-state index in [0.717, 1.165) is 5.56 Å². The first-order valence-corrected chi connectivity index (χ1v) is 8.34. The van der Waals surface area contributed by atoms with Gasteiger partial charge in [-0.25, -0.2) is 14.0 Å². The van der Waals surface area contributed by atoms with Crippen molar-refractivity contribution in [1.82, 2.24) is 10.2 Å². The molecule has 6 nitrogen and oxygen atoms in total. The molecular formula is C18H25FN2O4. The maximum atomic E-state index is 14.3. The molecule has 0 spiro atoms. The second-order valence-corrected chi connectivity index (χ2v) is 7.04. The molecule has 1 heterocycles. The summed E-state index contributed by atoms with van der Waals surface area (Å²) in [5.41, 5.74) is 0.230.